The lowest BCUT2D eigenvalue weighted by Gasteiger charge is -2.29. The van der Waals surface area contributed by atoms with Crippen LogP contribution in [0, 0.1) is 0 Å². The van der Waals surface area contributed by atoms with Crippen LogP contribution in [-0.2, 0) is 11.2 Å². The van der Waals surface area contributed by atoms with Gasteiger partial charge in [-0.25, -0.2) is 0 Å². The Morgan fingerprint density at radius 2 is 2.07 bits per heavy atom. The maximum Gasteiger partial charge on any atom is 0.265 e. The molecule has 0 spiro atoms. The first kappa shape index (κ1) is 21.0. The number of para-hydroxylation sites is 2. The summed E-state index contributed by atoms with van der Waals surface area (Å²) in [5, 5.41) is 3.11. The minimum absolute atomic E-state index is 0. The van der Waals surface area contributed by atoms with Crippen LogP contribution in [0.3, 0.4) is 0 Å². The number of benzene rings is 2. The van der Waals surface area contributed by atoms with Gasteiger partial charge in [-0.05, 0) is 42.7 Å². The van der Waals surface area contributed by atoms with Gasteiger partial charge in [0.05, 0.1) is 5.69 Å². The van der Waals surface area contributed by atoms with Crippen LogP contribution >= 0.6 is 24.0 Å². The van der Waals surface area contributed by atoms with Crippen LogP contribution in [0.5, 0.6) is 5.75 Å². The number of nitrogens with zero attached hydrogens (tertiary/aromatic N) is 2. The van der Waals surface area contributed by atoms with Gasteiger partial charge in [0.2, 0.25) is 0 Å². The van der Waals surface area contributed by atoms with Crippen molar-refractivity contribution >= 4 is 47.2 Å². The molecule has 2 aromatic rings. The summed E-state index contributed by atoms with van der Waals surface area (Å²) >= 11 is 0. The average molecular weight is 480 g/mol. The van der Waals surface area contributed by atoms with Crippen molar-refractivity contribution in [2.45, 2.75) is 19.8 Å². The number of nitrogens with one attached hydrogen (secondary N) is 1. The number of amides is 1. The zero-order valence-electron chi connectivity index (χ0n) is 15.4. The number of ether oxygens (including phenoxy) is 1. The van der Waals surface area contributed by atoms with Crippen molar-refractivity contribution in [1.29, 1.82) is 0 Å². The third-order valence-corrected chi connectivity index (χ3v) is 4.24. The van der Waals surface area contributed by atoms with E-state index in [2.05, 4.69) is 29.4 Å². The van der Waals surface area contributed by atoms with Gasteiger partial charge in [0.25, 0.3) is 5.91 Å². The van der Waals surface area contributed by atoms with E-state index in [4.69, 9.17) is 10.5 Å². The molecule has 27 heavy (non-hydrogen) atoms. The normalized spacial score (nSPS) is 13.4. The van der Waals surface area contributed by atoms with E-state index < -0.39 is 0 Å². The standard InChI is InChI=1S/C20H24N4O2.HI/c1-2-15-7-5-8-16(13-15)23-20(21)22-11-6-12-24-17-9-3-4-10-18(17)26-14-19(24)25;/h3-5,7-10,13H,2,6,11-12,14H2,1H3,(H3,21,22,23);1H. The highest BCUT2D eigenvalue weighted by Gasteiger charge is 2.24. The van der Waals surface area contributed by atoms with Crippen molar-refractivity contribution in [3.8, 4) is 5.75 Å². The van der Waals surface area contributed by atoms with E-state index in [1.54, 1.807) is 4.90 Å². The van der Waals surface area contributed by atoms with Gasteiger partial charge in [-0.15, -0.1) is 24.0 Å². The highest BCUT2D eigenvalue weighted by molar-refractivity contribution is 14.0. The molecule has 2 aromatic carbocycles. The summed E-state index contributed by atoms with van der Waals surface area (Å²) in [5.74, 6) is 1.09. The van der Waals surface area contributed by atoms with Gasteiger partial charge in [0.15, 0.2) is 12.6 Å². The Bertz CT molecular complexity index is 810. The Labute approximate surface area is 176 Å². The number of halogens is 1. The predicted molar refractivity (Wildman–Crippen MR) is 120 cm³/mol. The highest BCUT2D eigenvalue weighted by Crippen LogP contribution is 2.31. The molecular formula is C20H25IN4O2. The second-order valence-electron chi connectivity index (χ2n) is 6.10. The molecule has 7 heteroatoms. The minimum atomic E-state index is -0.0323. The summed E-state index contributed by atoms with van der Waals surface area (Å²) in [7, 11) is 0. The lowest BCUT2D eigenvalue weighted by molar-refractivity contribution is -0.121. The van der Waals surface area contributed by atoms with Gasteiger partial charge in [0, 0.05) is 18.8 Å². The van der Waals surface area contributed by atoms with Crippen LogP contribution in [0.4, 0.5) is 11.4 Å². The largest absolute Gasteiger partial charge is 0.482 e. The van der Waals surface area contributed by atoms with Crippen molar-refractivity contribution in [2.75, 3.05) is 29.9 Å². The molecular weight excluding hydrogens is 455 g/mol. The topological polar surface area (TPSA) is 80.0 Å². The number of hydrogen-bond donors (Lipinski definition) is 2. The van der Waals surface area contributed by atoms with Crippen LogP contribution in [-0.4, -0.2) is 31.6 Å². The molecule has 1 amide bonds. The number of fused-ring (bicyclic) bond motifs is 1. The van der Waals surface area contributed by atoms with E-state index in [1.807, 2.05) is 36.4 Å². The number of carbonyl (C=O) groups is 1. The summed E-state index contributed by atoms with van der Waals surface area (Å²) in [4.78, 5) is 18.2. The Hall–Kier alpha value is -2.29. The van der Waals surface area contributed by atoms with E-state index in [0.29, 0.717) is 19.0 Å². The molecule has 0 aromatic heterocycles. The summed E-state index contributed by atoms with van der Waals surface area (Å²) < 4.78 is 5.45. The lowest BCUT2D eigenvalue weighted by atomic mass is 10.1. The summed E-state index contributed by atoms with van der Waals surface area (Å²) in [6, 6.07) is 15.7. The first-order valence-corrected chi connectivity index (χ1v) is 8.85. The maximum atomic E-state index is 12.1. The molecule has 1 heterocycles. The molecule has 0 radical (unpaired) electrons. The van der Waals surface area contributed by atoms with Crippen molar-refractivity contribution in [3.63, 3.8) is 0 Å². The molecule has 1 aliphatic heterocycles. The van der Waals surface area contributed by atoms with E-state index in [9.17, 15) is 4.79 Å². The van der Waals surface area contributed by atoms with Gasteiger partial charge in [-0.3, -0.25) is 9.79 Å². The zero-order chi connectivity index (χ0) is 18.4. The van der Waals surface area contributed by atoms with Crippen LogP contribution in [0.15, 0.2) is 53.5 Å². The number of guanidine groups is 1. The molecule has 1 aliphatic rings. The van der Waals surface area contributed by atoms with Crippen molar-refractivity contribution in [2.24, 2.45) is 10.7 Å². The van der Waals surface area contributed by atoms with Gasteiger partial charge in [-0.1, -0.05) is 31.2 Å². The fraction of sp³-hybridized carbons (Fsp3) is 0.300. The number of hydrogen-bond acceptors (Lipinski definition) is 3. The summed E-state index contributed by atoms with van der Waals surface area (Å²) in [6.07, 6.45) is 1.69. The summed E-state index contributed by atoms with van der Waals surface area (Å²) in [6.45, 7) is 3.32. The molecule has 0 aliphatic carbocycles. The van der Waals surface area contributed by atoms with Gasteiger partial charge in [0.1, 0.15) is 5.75 Å². The SMILES string of the molecule is CCc1cccc(NC(N)=NCCCN2C(=O)COc3ccccc32)c1.I. The number of aliphatic imine (C=N–C) groups is 1. The average Bonchev–Trinajstić information content (AvgIpc) is 2.66. The molecule has 3 rings (SSSR count). The van der Waals surface area contributed by atoms with Gasteiger partial charge >= 0.3 is 0 Å². The molecule has 6 nitrogen and oxygen atoms in total. The van der Waals surface area contributed by atoms with Crippen LogP contribution < -0.4 is 20.7 Å². The number of carbonyl (C=O) groups excluding carboxylic acids is 1. The molecule has 0 bridgehead atoms. The second-order valence-corrected chi connectivity index (χ2v) is 6.10. The lowest BCUT2D eigenvalue weighted by Crippen LogP contribution is -2.39. The molecule has 144 valence electrons. The Morgan fingerprint density at radius 1 is 1.26 bits per heavy atom. The molecule has 0 fully saturated rings. The number of rotatable bonds is 6. The third kappa shape index (κ3) is 5.59. The number of nitrogens with two attached hydrogens (primary N) is 1. The van der Waals surface area contributed by atoms with E-state index in [0.717, 1.165) is 30.0 Å². The predicted octanol–water partition coefficient (Wildman–Crippen LogP) is 3.41. The van der Waals surface area contributed by atoms with Crippen LogP contribution in [0.25, 0.3) is 0 Å². The third-order valence-electron chi connectivity index (χ3n) is 4.24. The van der Waals surface area contributed by atoms with E-state index in [-0.39, 0.29) is 36.5 Å². The second kappa shape index (κ2) is 10.1. The Balaban J connectivity index is 0.00000261. The minimum Gasteiger partial charge on any atom is -0.482 e. The maximum absolute atomic E-state index is 12.1. The highest BCUT2D eigenvalue weighted by atomic mass is 127. The van der Waals surface area contributed by atoms with Gasteiger partial charge < -0.3 is 20.7 Å². The van der Waals surface area contributed by atoms with Gasteiger partial charge in [-0.2, -0.15) is 0 Å². The monoisotopic (exact) mass is 480 g/mol. The molecule has 0 saturated heterocycles. The first-order valence-electron chi connectivity index (χ1n) is 8.85. The zero-order valence-corrected chi connectivity index (χ0v) is 17.7. The summed E-state index contributed by atoms with van der Waals surface area (Å²) in [5.41, 5.74) is 8.95. The molecule has 0 atom stereocenters. The molecule has 3 N–H and O–H groups in total. The van der Waals surface area contributed by atoms with E-state index in [1.165, 1.54) is 5.56 Å². The smallest absolute Gasteiger partial charge is 0.265 e. The Morgan fingerprint density at radius 3 is 2.89 bits per heavy atom. The van der Waals surface area contributed by atoms with Crippen LogP contribution in [0.2, 0.25) is 0 Å². The van der Waals surface area contributed by atoms with E-state index >= 15 is 0 Å². The number of anilines is 2. The number of aryl methyl sites for hydroxylation is 1. The van der Waals surface area contributed by atoms with Crippen LogP contribution in [0.1, 0.15) is 18.9 Å². The Kier molecular flexibility index (Phi) is 7.90. The fourth-order valence-electron chi connectivity index (χ4n) is 2.88. The molecule has 0 saturated carbocycles. The van der Waals surface area contributed by atoms with Crippen molar-refractivity contribution in [1.82, 2.24) is 0 Å². The first-order chi connectivity index (χ1) is 12.7. The fourth-order valence-corrected chi connectivity index (χ4v) is 2.88. The quantitative estimate of drug-likeness (QED) is 0.288. The molecule has 0 unspecified atom stereocenters. The van der Waals surface area contributed by atoms with Crippen molar-refractivity contribution < 1.29 is 9.53 Å². The van der Waals surface area contributed by atoms with Crippen molar-refractivity contribution in [3.05, 3.63) is 54.1 Å².